The number of unbranched alkanes of at least 4 members (excludes halogenated alkanes) is 10. The quantitative estimate of drug-likeness (QED) is 0.0209. The molecular formula is C55H92N8O10S2. The molecule has 6 unspecified atom stereocenters. The second kappa shape index (κ2) is 35.6. The summed E-state index contributed by atoms with van der Waals surface area (Å²) in [6.45, 7) is 12.4. The SMILES string of the molecule is CC(C)(C)OC(=O)CCOCCOCCOCCNC(=O)c1ccc(CN(CCCCCCCNC(=O)CCCCC2SCC3NC(=O)NC32)CCCCCCCNC(=O)CCCCC2SCC3NC(=O)NC32)cc1. The molecule has 0 radical (unpaired) electrons. The first kappa shape index (κ1) is 62.0. The molecule has 7 amide bonds. The van der Waals surface area contributed by atoms with E-state index in [0.717, 1.165) is 147 Å². The highest BCUT2D eigenvalue weighted by atomic mass is 32.2. The van der Waals surface area contributed by atoms with Crippen LogP contribution < -0.4 is 37.2 Å². The van der Waals surface area contributed by atoms with E-state index in [9.17, 15) is 28.8 Å². The molecule has 1 aromatic rings. The number of nitrogens with one attached hydrogen (secondary N) is 7. The molecule has 4 aliphatic heterocycles. The Morgan fingerprint density at radius 2 is 1.04 bits per heavy atom. The zero-order valence-corrected chi connectivity index (χ0v) is 47.1. The summed E-state index contributed by atoms with van der Waals surface area (Å²) in [5.74, 6) is 1.76. The van der Waals surface area contributed by atoms with E-state index in [1.54, 1.807) is 0 Å². The van der Waals surface area contributed by atoms with Crippen LogP contribution >= 0.6 is 23.5 Å². The van der Waals surface area contributed by atoms with E-state index in [2.05, 4.69) is 54.3 Å². The molecule has 0 spiro atoms. The molecule has 4 saturated heterocycles. The molecule has 0 saturated carbocycles. The normalized spacial score (nSPS) is 20.7. The zero-order valence-electron chi connectivity index (χ0n) is 45.5. The third kappa shape index (κ3) is 25.9. The van der Waals surface area contributed by atoms with Gasteiger partial charge in [0, 0.05) is 66.6 Å². The standard InChI is InChI=1S/C55H92N8O10S2/c1-55(2,3)73-49(66)26-32-70-34-36-72-37-35-71-33-29-58-52(67)42-24-22-41(23-25-42)38-63(30-16-8-4-6-14-27-56-47(64)20-12-10-18-45-50-43(39-74-45)59-53(68)61-50)31-17-9-5-7-15-28-57-48(65)21-13-11-19-46-51-44(40-75-46)60-54(69)62-51/h22-25,43-46,50-51H,4-21,26-40H2,1-3H3,(H,56,64)(H,57,65)(H,58,67)(H2,59,61,68)(H2,60,62,69). The van der Waals surface area contributed by atoms with Gasteiger partial charge in [-0.05, 0) is 103 Å². The van der Waals surface area contributed by atoms with Gasteiger partial charge in [0.05, 0.1) is 70.2 Å². The molecule has 18 nitrogen and oxygen atoms in total. The van der Waals surface area contributed by atoms with Crippen LogP contribution in [0.15, 0.2) is 24.3 Å². The van der Waals surface area contributed by atoms with Crippen molar-refractivity contribution in [2.75, 3.05) is 83.9 Å². The molecule has 4 heterocycles. The van der Waals surface area contributed by atoms with Gasteiger partial charge in [0.15, 0.2) is 0 Å². The Hall–Kier alpha value is -3.82. The van der Waals surface area contributed by atoms with Crippen molar-refractivity contribution in [1.82, 2.24) is 42.1 Å². The molecule has 0 bridgehead atoms. The zero-order chi connectivity index (χ0) is 53.5. The van der Waals surface area contributed by atoms with Gasteiger partial charge in [-0.1, -0.05) is 63.5 Å². The minimum absolute atomic E-state index is 0.0551. The monoisotopic (exact) mass is 1090 g/mol. The number of carbonyl (C=O) groups excluding carboxylic acids is 6. The number of carbonyl (C=O) groups is 6. The molecule has 20 heteroatoms. The molecule has 4 aliphatic rings. The maximum absolute atomic E-state index is 12.9. The summed E-state index contributed by atoms with van der Waals surface area (Å²) in [6, 6.07) is 8.69. The van der Waals surface area contributed by atoms with E-state index in [0.29, 0.717) is 68.5 Å². The van der Waals surface area contributed by atoms with Crippen molar-refractivity contribution in [3.8, 4) is 0 Å². The highest BCUT2D eigenvalue weighted by Gasteiger charge is 2.43. The number of thioether (sulfide) groups is 2. The lowest BCUT2D eigenvalue weighted by Crippen LogP contribution is -2.36. The van der Waals surface area contributed by atoms with Gasteiger partial charge in [-0.3, -0.25) is 24.1 Å². The summed E-state index contributed by atoms with van der Waals surface area (Å²) in [5, 5.41) is 22.1. The second-order valence-electron chi connectivity index (χ2n) is 21.4. The van der Waals surface area contributed by atoms with Gasteiger partial charge in [-0.25, -0.2) is 9.59 Å². The molecule has 424 valence electrons. The van der Waals surface area contributed by atoms with Gasteiger partial charge in [0.2, 0.25) is 11.8 Å². The van der Waals surface area contributed by atoms with Gasteiger partial charge in [-0.2, -0.15) is 23.5 Å². The fraction of sp³-hybridized carbons (Fsp3) is 0.782. The number of hydrogen-bond acceptors (Lipinski definition) is 13. The Morgan fingerprint density at radius 3 is 1.56 bits per heavy atom. The van der Waals surface area contributed by atoms with Crippen LogP contribution in [0.25, 0.3) is 0 Å². The van der Waals surface area contributed by atoms with E-state index in [-0.39, 0.29) is 72.9 Å². The summed E-state index contributed by atoms with van der Waals surface area (Å²) in [5.41, 5.74) is 1.28. The number of ether oxygens (including phenoxy) is 4. The Morgan fingerprint density at radius 1 is 0.560 bits per heavy atom. The predicted octanol–water partition coefficient (Wildman–Crippen LogP) is 6.59. The van der Waals surface area contributed by atoms with Crippen molar-refractivity contribution < 1.29 is 47.7 Å². The van der Waals surface area contributed by atoms with E-state index in [1.807, 2.05) is 56.4 Å². The fourth-order valence-corrected chi connectivity index (χ4v) is 13.0. The van der Waals surface area contributed by atoms with Crippen molar-refractivity contribution >= 4 is 59.3 Å². The minimum Gasteiger partial charge on any atom is -0.460 e. The first-order valence-electron chi connectivity index (χ1n) is 28.3. The van der Waals surface area contributed by atoms with Crippen LogP contribution in [0.4, 0.5) is 9.59 Å². The van der Waals surface area contributed by atoms with E-state index in [1.165, 1.54) is 5.56 Å². The third-order valence-corrected chi connectivity index (χ3v) is 16.9. The summed E-state index contributed by atoms with van der Waals surface area (Å²) >= 11 is 3.84. The maximum Gasteiger partial charge on any atom is 0.315 e. The van der Waals surface area contributed by atoms with E-state index < -0.39 is 5.60 Å². The number of esters is 1. The minimum atomic E-state index is -0.504. The summed E-state index contributed by atoms with van der Waals surface area (Å²) in [7, 11) is 0. The highest BCUT2D eigenvalue weighted by Crippen LogP contribution is 2.34. The first-order chi connectivity index (χ1) is 36.3. The number of urea groups is 2. The molecule has 5 rings (SSSR count). The summed E-state index contributed by atoms with van der Waals surface area (Å²) < 4.78 is 21.8. The smallest absolute Gasteiger partial charge is 0.315 e. The summed E-state index contributed by atoms with van der Waals surface area (Å²) in [4.78, 5) is 75.4. The maximum atomic E-state index is 12.9. The van der Waals surface area contributed by atoms with Crippen molar-refractivity contribution in [3.63, 3.8) is 0 Å². The lowest BCUT2D eigenvalue weighted by atomic mass is 10.0. The van der Waals surface area contributed by atoms with E-state index >= 15 is 0 Å². The molecule has 6 atom stereocenters. The number of hydrogen-bond donors (Lipinski definition) is 7. The lowest BCUT2D eigenvalue weighted by molar-refractivity contribution is -0.156. The number of benzene rings is 1. The lowest BCUT2D eigenvalue weighted by Gasteiger charge is -2.23. The highest BCUT2D eigenvalue weighted by molar-refractivity contribution is 8.00. The van der Waals surface area contributed by atoms with Gasteiger partial charge < -0.3 is 56.2 Å². The van der Waals surface area contributed by atoms with Crippen molar-refractivity contribution in [2.45, 2.75) is 190 Å². The van der Waals surface area contributed by atoms with Crippen LogP contribution in [0.1, 0.15) is 159 Å². The van der Waals surface area contributed by atoms with Gasteiger partial charge in [-0.15, -0.1) is 0 Å². The molecule has 1 aromatic carbocycles. The van der Waals surface area contributed by atoms with Crippen LogP contribution in [0.2, 0.25) is 0 Å². The fourth-order valence-electron chi connectivity index (χ4n) is 9.88. The number of nitrogens with zero attached hydrogens (tertiary/aromatic N) is 1. The van der Waals surface area contributed by atoms with Crippen LogP contribution in [-0.2, 0) is 39.9 Å². The summed E-state index contributed by atoms with van der Waals surface area (Å²) in [6.07, 6.45) is 18.0. The molecule has 0 aliphatic carbocycles. The molecule has 4 fully saturated rings. The largest absolute Gasteiger partial charge is 0.460 e. The van der Waals surface area contributed by atoms with Crippen molar-refractivity contribution in [2.24, 2.45) is 0 Å². The van der Waals surface area contributed by atoms with Crippen LogP contribution in [0, 0.1) is 0 Å². The van der Waals surface area contributed by atoms with Crippen molar-refractivity contribution in [1.29, 1.82) is 0 Å². The first-order valence-corrected chi connectivity index (χ1v) is 30.4. The Labute approximate surface area is 456 Å². The van der Waals surface area contributed by atoms with Crippen LogP contribution in [0.3, 0.4) is 0 Å². The van der Waals surface area contributed by atoms with Crippen LogP contribution in [-0.4, -0.2) is 165 Å². The second-order valence-corrected chi connectivity index (χ2v) is 23.9. The Bertz CT molecular complexity index is 1790. The van der Waals surface area contributed by atoms with Gasteiger partial charge in [0.25, 0.3) is 5.91 Å². The van der Waals surface area contributed by atoms with Crippen LogP contribution in [0.5, 0.6) is 0 Å². The molecule has 75 heavy (non-hydrogen) atoms. The van der Waals surface area contributed by atoms with E-state index in [4.69, 9.17) is 18.9 Å². The average molecular weight is 1090 g/mol. The predicted molar refractivity (Wildman–Crippen MR) is 297 cm³/mol. The number of fused-ring (bicyclic) bond motifs is 2. The number of rotatable bonds is 41. The molecule has 0 aromatic heterocycles. The van der Waals surface area contributed by atoms with Gasteiger partial charge in [0.1, 0.15) is 5.60 Å². The average Bonchev–Trinajstić information content (AvgIpc) is 4.14. The molecular weight excluding hydrogens is 997 g/mol. The van der Waals surface area contributed by atoms with Gasteiger partial charge >= 0.3 is 18.0 Å². The number of amides is 7. The molecule has 7 N–H and O–H groups in total. The topological polar surface area (TPSA) is 227 Å². The Balaban J connectivity index is 0.900. The third-order valence-electron chi connectivity index (χ3n) is 13.9. The Kier molecular flexibility index (Phi) is 29.4. The van der Waals surface area contributed by atoms with Crippen molar-refractivity contribution in [3.05, 3.63) is 35.4 Å².